The van der Waals surface area contributed by atoms with Crippen molar-refractivity contribution in [3.63, 3.8) is 0 Å². The molecule has 6 heteroatoms. The van der Waals surface area contributed by atoms with Crippen LogP contribution in [0.25, 0.3) is 0 Å². The molecule has 0 aromatic heterocycles. The van der Waals surface area contributed by atoms with E-state index in [0.717, 1.165) is 10.2 Å². The van der Waals surface area contributed by atoms with E-state index in [0.29, 0.717) is 19.5 Å². The van der Waals surface area contributed by atoms with Crippen molar-refractivity contribution in [1.82, 2.24) is 5.32 Å². The molecular formula is C13H15BrN2O3. The van der Waals surface area contributed by atoms with Crippen molar-refractivity contribution < 1.29 is 14.3 Å². The lowest BCUT2D eigenvalue weighted by atomic mass is 10.0. The Morgan fingerprint density at radius 3 is 2.79 bits per heavy atom. The second-order valence-electron chi connectivity index (χ2n) is 4.42. The number of hydrogen-bond acceptors (Lipinski definition) is 3. The first-order valence-corrected chi connectivity index (χ1v) is 6.77. The summed E-state index contributed by atoms with van der Waals surface area (Å²) < 4.78 is 5.62. The van der Waals surface area contributed by atoms with Crippen molar-refractivity contribution >= 4 is 33.6 Å². The third-order valence-electron chi connectivity index (χ3n) is 3.05. The van der Waals surface area contributed by atoms with E-state index < -0.39 is 0 Å². The van der Waals surface area contributed by atoms with E-state index in [9.17, 15) is 9.59 Å². The standard InChI is InChI=1S/C13H15BrN2O3/c1-19-12(17)6-9-7-15-13(18)16(8-9)11-4-2-10(14)3-5-11/h2-5,9H,6-8H2,1H3,(H,15,18). The molecule has 0 saturated carbocycles. The molecule has 1 atom stereocenters. The van der Waals surface area contributed by atoms with Gasteiger partial charge in [0.2, 0.25) is 0 Å². The van der Waals surface area contributed by atoms with E-state index in [1.807, 2.05) is 24.3 Å². The summed E-state index contributed by atoms with van der Waals surface area (Å²) in [5.41, 5.74) is 0.815. The van der Waals surface area contributed by atoms with E-state index >= 15 is 0 Å². The second kappa shape index (κ2) is 6.06. The Morgan fingerprint density at radius 1 is 1.47 bits per heavy atom. The molecule has 2 amide bonds. The summed E-state index contributed by atoms with van der Waals surface area (Å²) in [5, 5.41) is 2.79. The summed E-state index contributed by atoms with van der Waals surface area (Å²) in [7, 11) is 1.37. The highest BCUT2D eigenvalue weighted by molar-refractivity contribution is 9.10. The normalized spacial score (nSPS) is 18.9. The maximum Gasteiger partial charge on any atom is 0.321 e. The van der Waals surface area contributed by atoms with Crippen LogP contribution in [-0.2, 0) is 9.53 Å². The number of amides is 2. The number of hydrogen-bond donors (Lipinski definition) is 1. The molecule has 1 unspecified atom stereocenters. The zero-order valence-corrected chi connectivity index (χ0v) is 12.1. The first kappa shape index (κ1) is 13.9. The van der Waals surface area contributed by atoms with E-state index in [4.69, 9.17) is 0 Å². The molecule has 1 aromatic rings. The third kappa shape index (κ3) is 3.47. The molecule has 1 N–H and O–H groups in total. The highest BCUT2D eigenvalue weighted by Gasteiger charge is 2.27. The molecule has 0 bridgehead atoms. The van der Waals surface area contributed by atoms with Gasteiger partial charge in [-0.1, -0.05) is 15.9 Å². The van der Waals surface area contributed by atoms with Crippen molar-refractivity contribution in [2.75, 3.05) is 25.1 Å². The highest BCUT2D eigenvalue weighted by atomic mass is 79.9. The molecule has 1 heterocycles. The van der Waals surface area contributed by atoms with Crippen LogP contribution in [0.1, 0.15) is 6.42 Å². The summed E-state index contributed by atoms with van der Waals surface area (Å²) in [6, 6.07) is 7.36. The van der Waals surface area contributed by atoms with Gasteiger partial charge in [-0.3, -0.25) is 9.69 Å². The Balaban J connectivity index is 2.08. The lowest BCUT2D eigenvalue weighted by Gasteiger charge is -2.32. The number of carbonyl (C=O) groups excluding carboxylic acids is 2. The van der Waals surface area contributed by atoms with Crippen molar-refractivity contribution in [3.8, 4) is 0 Å². The van der Waals surface area contributed by atoms with E-state index in [1.54, 1.807) is 4.90 Å². The number of nitrogens with one attached hydrogen (secondary N) is 1. The number of benzene rings is 1. The van der Waals surface area contributed by atoms with Gasteiger partial charge in [0, 0.05) is 29.2 Å². The van der Waals surface area contributed by atoms with E-state index in [2.05, 4.69) is 26.0 Å². The van der Waals surface area contributed by atoms with Crippen LogP contribution in [0.2, 0.25) is 0 Å². The average molecular weight is 327 g/mol. The lowest BCUT2D eigenvalue weighted by molar-refractivity contribution is -0.141. The number of carbonyl (C=O) groups is 2. The number of esters is 1. The van der Waals surface area contributed by atoms with Gasteiger partial charge in [-0.2, -0.15) is 0 Å². The molecule has 0 spiro atoms. The van der Waals surface area contributed by atoms with Crippen molar-refractivity contribution in [3.05, 3.63) is 28.7 Å². The van der Waals surface area contributed by atoms with Gasteiger partial charge in [-0.15, -0.1) is 0 Å². The van der Waals surface area contributed by atoms with Crippen molar-refractivity contribution in [2.24, 2.45) is 5.92 Å². The van der Waals surface area contributed by atoms with Gasteiger partial charge in [0.15, 0.2) is 0 Å². The summed E-state index contributed by atoms with van der Waals surface area (Å²) in [5.74, 6) is -0.189. The molecule has 1 fully saturated rings. The lowest BCUT2D eigenvalue weighted by Crippen LogP contribution is -2.51. The fourth-order valence-electron chi connectivity index (χ4n) is 2.03. The summed E-state index contributed by atoms with van der Waals surface area (Å²) >= 11 is 3.36. The van der Waals surface area contributed by atoms with Crippen LogP contribution in [0.5, 0.6) is 0 Å². The molecule has 1 saturated heterocycles. The molecule has 5 nitrogen and oxygen atoms in total. The predicted octanol–water partition coefficient (Wildman–Crippen LogP) is 2.16. The zero-order valence-electron chi connectivity index (χ0n) is 10.6. The van der Waals surface area contributed by atoms with Crippen LogP contribution in [0.4, 0.5) is 10.5 Å². The minimum atomic E-state index is -0.253. The summed E-state index contributed by atoms with van der Waals surface area (Å²) in [6.07, 6.45) is 0.309. The van der Waals surface area contributed by atoms with Crippen LogP contribution < -0.4 is 10.2 Å². The molecule has 19 heavy (non-hydrogen) atoms. The van der Waals surface area contributed by atoms with Crippen molar-refractivity contribution in [2.45, 2.75) is 6.42 Å². The van der Waals surface area contributed by atoms with Crippen LogP contribution in [0.15, 0.2) is 28.7 Å². The highest BCUT2D eigenvalue weighted by Crippen LogP contribution is 2.22. The van der Waals surface area contributed by atoms with Crippen LogP contribution in [0.3, 0.4) is 0 Å². The van der Waals surface area contributed by atoms with Gasteiger partial charge >= 0.3 is 12.0 Å². The number of anilines is 1. The fraction of sp³-hybridized carbons (Fsp3) is 0.385. The number of urea groups is 1. The molecule has 2 rings (SSSR count). The third-order valence-corrected chi connectivity index (χ3v) is 3.58. The topological polar surface area (TPSA) is 58.6 Å². The number of ether oxygens (including phenoxy) is 1. The van der Waals surface area contributed by atoms with Gasteiger partial charge < -0.3 is 10.1 Å². The fourth-order valence-corrected chi connectivity index (χ4v) is 2.30. The molecule has 1 aliphatic heterocycles. The van der Waals surface area contributed by atoms with Crippen LogP contribution in [-0.4, -0.2) is 32.2 Å². The maximum atomic E-state index is 11.9. The first-order chi connectivity index (χ1) is 9.10. The molecule has 0 radical (unpaired) electrons. The van der Waals surface area contributed by atoms with E-state index in [1.165, 1.54) is 7.11 Å². The number of halogens is 1. The van der Waals surface area contributed by atoms with Crippen LogP contribution >= 0.6 is 15.9 Å². The molecular weight excluding hydrogens is 312 g/mol. The average Bonchev–Trinajstić information content (AvgIpc) is 2.42. The van der Waals surface area contributed by atoms with E-state index in [-0.39, 0.29) is 17.9 Å². The van der Waals surface area contributed by atoms with Crippen molar-refractivity contribution in [1.29, 1.82) is 0 Å². The smallest absolute Gasteiger partial charge is 0.321 e. The predicted molar refractivity (Wildman–Crippen MR) is 75.0 cm³/mol. The van der Waals surface area contributed by atoms with Gasteiger partial charge in [0.25, 0.3) is 0 Å². The maximum absolute atomic E-state index is 11.9. The number of methoxy groups -OCH3 is 1. The second-order valence-corrected chi connectivity index (χ2v) is 5.34. The van der Waals surface area contributed by atoms with Gasteiger partial charge in [-0.05, 0) is 24.3 Å². The minimum absolute atomic E-state index is 0.0637. The largest absolute Gasteiger partial charge is 0.469 e. The Labute approximate surface area is 120 Å². The monoisotopic (exact) mass is 326 g/mol. The Kier molecular flexibility index (Phi) is 4.42. The number of rotatable bonds is 3. The number of nitrogens with zero attached hydrogens (tertiary/aromatic N) is 1. The summed E-state index contributed by atoms with van der Waals surface area (Å²) in [4.78, 5) is 24.8. The first-order valence-electron chi connectivity index (χ1n) is 5.98. The Hall–Kier alpha value is -1.56. The Morgan fingerprint density at radius 2 is 2.16 bits per heavy atom. The quantitative estimate of drug-likeness (QED) is 0.866. The minimum Gasteiger partial charge on any atom is -0.469 e. The zero-order chi connectivity index (χ0) is 13.8. The molecule has 0 aliphatic carbocycles. The SMILES string of the molecule is COC(=O)CC1CNC(=O)N(c2ccc(Br)cc2)C1. The van der Waals surface area contributed by atoms with Crippen LogP contribution in [0, 0.1) is 5.92 Å². The Bertz CT molecular complexity index is 475. The summed E-state index contributed by atoms with van der Waals surface area (Å²) in [6.45, 7) is 1.02. The van der Waals surface area contributed by atoms with Gasteiger partial charge in [0.05, 0.1) is 13.5 Å². The van der Waals surface area contributed by atoms with Gasteiger partial charge in [-0.25, -0.2) is 4.79 Å². The van der Waals surface area contributed by atoms with Gasteiger partial charge in [0.1, 0.15) is 0 Å². The molecule has 102 valence electrons. The molecule has 1 aromatic carbocycles. The molecule has 1 aliphatic rings.